The van der Waals surface area contributed by atoms with Crippen LogP contribution in [0.15, 0.2) is 24.3 Å². The number of hydrogen-bond acceptors (Lipinski definition) is 7. The first-order chi connectivity index (χ1) is 9.11. The minimum Gasteiger partial charge on any atom is -0.508 e. The van der Waals surface area contributed by atoms with E-state index in [0.29, 0.717) is 0 Å². The minimum atomic E-state index is -4.78. The van der Waals surface area contributed by atoms with Gasteiger partial charge in [-0.15, -0.1) is 0 Å². The molecule has 1 rings (SSSR count). The number of benzene rings is 1. The first-order valence-electron chi connectivity index (χ1n) is 5.06. The Balaban J connectivity index is 3.21. The van der Waals surface area contributed by atoms with Crippen LogP contribution in [0.5, 0.6) is 5.75 Å². The summed E-state index contributed by atoms with van der Waals surface area (Å²) in [6, 6.07) is 2.23. The molecule has 7 N–H and O–H groups in total. The van der Waals surface area contributed by atoms with Crippen LogP contribution in [0.3, 0.4) is 0 Å². The molecule has 1 unspecified atom stereocenters. The lowest BCUT2D eigenvalue weighted by Crippen LogP contribution is -2.27. The maximum absolute atomic E-state index is 10.6. The minimum absolute atomic E-state index is 0.0946. The van der Waals surface area contributed by atoms with Crippen LogP contribution in [0.2, 0.25) is 0 Å². The van der Waals surface area contributed by atoms with Crippen molar-refractivity contribution >= 4 is 27.8 Å². The molecule has 0 saturated carbocycles. The number of nitrogens with two attached hydrogens (primary N) is 2. The van der Waals surface area contributed by atoms with Gasteiger partial charge in [-0.05, 0) is 18.2 Å². The molecule has 0 bridgehead atoms. The summed E-state index contributed by atoms with van der Waals surface area (Å²) < 4.78 is 34.0. The molecule has 0 spiro atoms. The van der Waals surface area contributed by atoms with Crippen LogP contribution in [0.1, 0.15) is 5.56 Å². The number of aliphatic carboxylic acids is 1. The third-order valence-electron chi connectivity index (χ3n) is 2.16. The van der Waals surface area contributed by atoms with Gasteiger partial charge in [-0.1, -0.05) is 6.07 Å². The van der Waals surface area contributed by atoms with E-state index in [0.717, 1.165) is 12.1 Å². The highest BCUT2D eigenvalue weighted by Crippen LogP contribution is 2.30. The predicted molar refractivity (Wildman–Crippen MR) is 69.2 cm³/mol. The molecule has 0 aliphatic rings. The van der Waals surface area contributed by atoms with Crippen LogP contribution in [-0.2, 0) is 15.2 Å². The number of hydrogen-bond donors (Lipinski definition) is 5. The van der Waals surface area contributed by atoms with Crippen LogP contribution in [0.4, 0.5) is 5.69 Å². The van der Waals surface area contributed by atoms with Gasteiger partial charge in [-0.25, -0.2) is 0 Å². The van der Waals surface area contributed by atoms with Gasteiger partial charge in [0.25, 0.3) is 0 Å². The molecule has 1 aromatic carbocycles. The molecular formula is C10H12N2O7S. The fourth-order valence-electron chi connectivity index (χ4n) is 1.28. The first-order valence-corrected chi connectivity index (χ1v) is 6.43. The summed E-state index contributed by atoms with van der Waals surface area (Å²) in [4.78, 5) is 10.6. The molecule has 1 aromatic rings. The summed E-state index contributed by atoms with van der Waals surface area (Å²) in [5, 5.41) is 18.3. The standard InChI is InChI=1S/C10H12N2O7S/c11-6(10(14)15)4-7(13)5-2-1-3-8(9(5)12)19-20(16,17)18/h1-4,6,13H,11-12H2,(H,14,15)(H,16,17,18). The smallest absolute Gasteiger partial charge is 0.446 e. The molecule has 0 amide bonds. The number of anilines is 1. The van der Waals surface area contributed by atoms with E-state index in [9.17, 15) is 18.3 Å². The van der Waals surface area contributed by atoms with E-state index in [1.165, 1.54) is 12.1 Å². The van der Waals surface area contributed by atoms with E-state index >= 15 is 0 Å². The molecule has 0 heterocycles. The SMILES string of the molecule is Nc1c(OS(=O)(=O)O)cccc1C(O)=CC(N)C(=O)O. The summed E-state index contributed by atoms with van der Waals surface area (Å²) in [7, 11) is -4.78. The van der Waals surface area contributed by atoms with Crippen LogP contribution >= 0.6 is 0 Å². The van der Waals surface area contributed by atoms with Crippen molar-refractivity contribution < 1.29 is 32.2 Å². The summed E-state index contributed by atoms with van der Waals surface area (Å²) in [5.41, 5.74) is 10.4. The van der Waals surface area contributed by atoms with Gasteiger partial charge in [0.15, 0.2) is 5.75 Å². The second-order valence-corrected chi connectivity index (χ2v) is 4.67. The molecule has 0 aliphatic heterocycles. The maximum Gasteiger partial charge on any atom is 0.446 e. The number of aliphatic hydroxyl groups excluding tert-OH is 1. The van der Waals surface area contributed by atoms with E-state index in [2.05, 4.69) is 4.18 Å². The summed E-state index contributed by atoms with van der Waals surface area (Å²) in [6.45, 7) is 0. The van der Waals surface area contributed by atoms with Crippen molar-refractivity contribution in [1.82, 2.24) is 0 Å². The van der Waals surface area contributed by atoms with Crippen molar-refractivity contribution in [2.24, 2.45) is 5.73 Å². The molecule has 0 fully saturated rings. The summed E-state index contributed by atoms with van der Waals surface area (Å²) >= 11 is 0. The van der Waals surface area contributed by atoms with Gasteiger partial charge in [0, 0.05) is 5.56 Å². The fraction of sp³-hybridized carbons (Fsp3) is 0.100. The summed E-state index contributed by atoms with van der Waals surface area (Å²) in [6.07, 6.45) is 0.811. The number of carbonyl (C=O) groups is 1. The van der Waals surface area contributed by atoms with Crippen molar-refractivity contribution in [2.75, 3.05) is 5.73 Å². The van der Waals surface area contributed by atoms with Gasteiger partial charge in [-0.2, -0.15) is 8.42 Å². The van der Waals surface area contributed by atoms with Gasteiger partial charge in [0.05, 0.1) is 5.69 Å². The largest absolute Gasteiger partial charge is 0.508 e. The molecule has 10 heteroatoms. The lowest BCUT2D eigenvalue weighted by molar-refractivity contribution is -0.137. The average molecular weight is 304 g/mol. The molecule has 110 valence electrons. The number of nitrogen functional groups attached to an aromatic ring is 1. The third kappa shape index (κ3) is 4.12. The van der Waals surface area contributed by atoms with E-state index < -0.39 is 33.9 Å². The molecule has 0 aromatic heterocycles. The first kappa shape index (κ1) is 15.8. The molecular weight excluding hydrogens is 292 g/mol. The number of rotatable bonds is 5. The monoisotopic (exact) mass is 304 g/mol. The van der Waals surface area contributed by atoms with Crippen LogP contribution < -0.4 is 15.7 Å². The second kappa shape index (κ2) is 5.77. The lowest BCUT2D eigenvalue weighted by Gasteiger charge is -2.10. The summed E-state index contributed by atoms with van der Waals surface area (Å²) in [5.74, 6) is -2.37. The topological polar surface area (TPSA) is 173 Å². The Kier molecular flexibility index (Phi) is 4.55. The Morgan fingerprint density at radius 3 is 2.45 bits per heavy atom. The Morgan fingerprint density at radius 1 is 1.35 bits per heavy atom. The second-order valence-electron chi connectivity index (χ2n) is 3.64. The number of aliphatic hydroxyl groups is 1. The third-order valence-corrected chi connectivity index (χ3v) is 2.55. The van der Waals surface area contributed by atoms with Gasteiger partial charge >= 0.3 is 16.4 Å². The zero-order valence-corrected chi connectivity index (χ0v) is 10.7. The zero-order chi connectivity index (χ0) is 15.5. The Bertz CT molecular complexity index is 654. The quantitative estimate of drug-likeness (QED) is 0.279. The molecule has 1 atom stereocenters. The Hall–Kier alpha value is -2.30. The zero-order valence-electron chi connectivity index (χ0n) is 9.92. The van der Waals surface area contributed by atoms with Crippen LogP contribution in [-0.4, -0.2) is 35.2 Å². The molecule has 0 saturated heterocycles. The number of carboxylic acids is 1. The van der Waals surface area contributed by atoms with Crippen molar-refractivity contribution in [3.63, 3.8) is 0 Å². The van der Waals surface area contributed by atoms with Gasteiger partial charge in [0.1, 0.15) is 11.8 Å². The molecule has 0 aliphatic carbocycles. The number of carboxylic acid groups (broad SMARTS) is 1. The molecule has 9 nitrogen and oxygen atoms in total. The Labute approximate surface area is 114 Å². The normalized spacial score (nSPS) is 13.8. The van der Waals surface area contributed by atoms with Crippen LogP contribution in [0.25, 0.3) is 5.76 Å². The molecule has 0 radical (unpaired) electrons. The predicted octanol–water partition coefficient (Wildman–Crippen LogP) is -0.239. The van der Waals surface area contributed by atoms with Crippen molar-refractivity contribution in [1.29, 1.82) is 0 Å². The highest BCUT2D eigenvalue weighted by atomic mass is 32.3. The van der Waals surface area contributed by atoms with Crippen molar-refractivity contribution in [3.05, 3.63) is 29.8 Å². The van der Waals surface area contributed by atoms with E-state index in [-0.39, 0.29) is 11.3 Å². The van der Waals surface area contributed by atoms with E-state index in [1.54, 1.807) is 0 Å². The number of para-hydroxylation sites is 1. The van der Waals surface area contributed by atoms with E-state index in [1.807, 2.05) is 0 Å². The maximum atomic E-state index is 10.6. The average Bonchev–Trinajstić information content (AvgIpc) is 2.29. The molecule has 20 heavy (non-hydrogen) atoms. The van der Waals surface area contributed by atoms with Gasteiger partial charge in [0.2, 0.25) is 0 Å². The fourth-order valence-corrected chi connectivity index (χ4v) is 1.66. The van der Waals surface area contributed by atoms with E-state index in [4.69, 9.17) is 21.1 Å². The lowest BCUT2D eigenvalue weighted by atomic mass is 10.1. The van der Waals surface area contributed by atoms with Gasteiger partial charge in [-0.3, -0.25) is 9.35 Å². The van der Waals surface area contributed by atoms with Crippen LogP contribution in [0, 0.1) is 0 Å². The van der Waals surface area contributed by atoms with Crippen molar-refractivity contribution in [3.8, 4) is 5.75 Å². The van der Waals surface area contributed by atoms with Gasteiger partial charge < -0.3 is 25.9 Å². The highest BCUT2D eigenvalue weighted by molar-refractivity contribution is 7.81. The Morgan fingerprint density at radius 2 is 1.95 bits per heavy atom. The van der Waals surface area contributed by atoms with Crippen molar-refractivity contribution in [2.45, 2.75) is 6.04 Å². The highest BCUT2D eigenvalue weighted by Gasteiger charge is 2.16.